The van der Waals surface area contributed by atoms with Crippen molar-refractivity contribution in [3.8, 4) is 34.6 Å². The molecule has 3 rings (SSSR count). The number of anilines is 2. The number of benzene rings is 2. The van der Waals surface area contributed by atoms with Gasteiger partial charge >= 0.3 is 0 Å². The van der Waals surface area contributed by atoms with Crippen molar-refractivity contribution in [2.75, 3.05) is 25.8 Å². The molecule has 7 nitrogen and oxygen atoms in total. The van der Waals surface area contributed by atoms with E-state index in [-0.39, 0.29) is 5.75 Å². The Kier molecular flexibility index (Phi) is 5.87. The van der Waals surface area contributed by atoms with Crippen LogP contribution >= 0.6 is 11.8 Å². The van der Waals surface area contributed by atoms with Crippen LogP contribution in [0.4, 0.5) is 11.5 Å². The fourth-order valence-corrected chi connectivity index (χ4v) is 2.97. The van der Waals surface area contributed by atoms with E-state index in [1.807, 2.05) is 12.3 Å². The van der Waals surface area contributed by atoms with Crippen molar-refractivity contribution in [3.63, 3.8) is 0 Å². The Balaban J connectivity index is 2.13. The topological polar surface area (TPSA) is 100 Å². The lowest BCUT2D eigenvalue weighted by atomic mass is 10.1. The van der Waals surface area contributed by atoms with Crippen molar-refractivity contribution in [1.82, 2.24) is 9.97 Å². The molecule has 3 aromatic rings. The van der Waals surface area contributed by atoms with Gasteiger partial charge in [0, 0.05) is 11.3 Å². The molecule has 0 aliphatic carbocycles. The number of phenols is 1. The molecule has 0 atom stereocenters. The minimum Gasteiger partial charge on any atom is -0.508 e. The SMILES string of the molecule is COc1ccc(-c2nc(SC)nc(Nc3ccc(O)cc3)c2C#N)cc1OC. The number of nitrogens with zero attached hydrogens (tertiary/aromatic N) is 3. The average molecular weight is 394 g/mol. The van der Waals surface area contributed by atoms with Gasteiger partial charge in [-0.3, -0.25) is 0 Å². The van der Waals surface area contributed by atoms with Gasteiger partial charge in [0.2, 0.25) is 0 Å². The zero-order valence-corrected chi connectivity index (χ0v) is 16.4. The summed E-state index contributed by atoms with van der Waals surface area (Å²) in [5.41, 5.74) is 2.20. The molecule has 2 aromatic carbocycles. The van der Waals surface area contributed by atoms with Crippen molar-refractivity contribution in [2.45, 2.75) is 5.16 Å². The van der Waals surface area contributed by atoms with Gasteiger partial charge in [0.25, 0.3) is 0 Å². The third-order valence-electron chi connectivity index (χ3n) is 3.97. The van der Waals surface area contributed by atoms with Crippen LogP contribution < -0.4 is 14.8 Å². The summed E-state index contributed by atoms with van der Waals surface area (Å²) < 4.78 is 10.7. The van der Waals surface area contributed by atoms with Gasteiger partial charge in [-0.15, -0.1) is 0 Å². The standard InChI is InChI=1S/C20H18N4O3S/c1-26-16-9-4-12(10-17(16)27-2)18-15(11-21)19(24-20(23-18)28-3)22-13-5-7-14(25)8-6-13/h4-10,25H,1-3H3,(H,22,23,24). The van der Waals surface area contributed by atoms with Crippen LogP contribution in [-0.4, -0.2) is 35.5 Å². The molecule has 0 amide bonds. The van der Waals surface area contributed by atoms with Crippen LogP contribution in [-0.2, 0) is 0 Å². The Morgan fingerprint density at radius 3 is 2.36 bits per heavy atom. The third-order valence-corrected chi connectivity index (χ3v) is 4.52. The van der Waals surface area contributed by atoms with E-state index < -0.39 is 0 Å². The minimum absolute atomic E-state index is 0.157. The number of thioether (sulfide) groups is 1. The summed E-state index contributed by atoms with van der Waals surface area (Å²) in [5.74, 6) is 1.68. The predicted octanol–water partition coefficient (Wildman–Crippen LogP) is 4.20. The molecular formula is C20H18N4O3S. The van der Waals surface area contributed by atoms with Crippen LogP contribution in [0.25, 0.3) is 11.3 Å². The van der Waals surface area contributed by atoms with Crippen molar-refractivity contribution >= 4 is 23.3 Å². The highest BCUT2D eigenvalue weighted by Crippen LogP contribution is 2.35. The second-order valence-electron chi connectivity index (χ2n) is 5.64. The molecule has 0 saturated heterocycles. The number of ether oxygens (including phenoxy) is 2. The Hall–Kier alpha value is -3.44. The molecule has 1 aromatic heterocycles. The van der Waals surface area contributed by atoms with E-state index in [2.05, 4.69) is 21.4 Å². The molecular weight excluding hydrogens is 376 g/mol. The summed E-state index contributed by atoms with van der Waals surface area (Å²) in [4.78, 5) is 8.97. The van der Waals surface area contributed by atoms with Crippen molar-refractivity contribution < 1.29 is 14.6 Å². The molecule has 1 heterocycles. The first kappa shape index (κ1) is 19.3. The fourth-order valence-electron chi connectivity index (χ4n) is 2.60. The highest BCUT2D eigenvalue weighted by Gasteiger charge is 2.18. The summed E-state index contributed by atoms with van der Waals surface area (Å²) >= 11 is 1.37. The lowest BCUT2D eigenvalue weighted by molar-refractivity contribution is 0.355. The molecule has 2 N–H and O–H groups in total. The maximum absolute atomic E-state index is 9.80. The van der Waals surface area contributed by atoms with E-state index in [1.165, 1.54) is 11.8 Å². The molecule has 0 fully saturated rings. The van der Waals surface area contributed by atoms with Gasteiger partial charge in [0.05, 0.1) is 19.9 Å². The number of aromatic hydroxyl groups is 1. The van der Waals surface area contributed by atoms with E-state index in [0.717, 1.165) is 0 Å². The molecule has 0 saturated carbocycles. The number of phenolic OH excluding ortho intramolecular Hbond substituents is 1. The van der Waals surface area contributed by atoms with E-state index in [1.54, 1.807) is 50.6 Å². The lowest BCUT2D eigenvalue weighted by Crippen LogP contribution is -2.03. The largest absolute Gasteiger partial charge is 0.508 e. The van der Waals surface area contributed by atoms with E-state index in [9.17, 15) is 10.4 Å². The van der Waals surface area contributed by atoms with Crippen LogP contribution in [0, 0.1) is 11.3 Å². The molecule has 0 radical (unpaired) electrons. The lowest BCUT2D eigenvalue weighted by Gasteiger charge is -2.14. The van der Waals surface area contributed by atoms with Crippen molar-refractivity contribution in [3.05, 3.63) is 48.0 Å². The normalized spacial score (nSPS) is 10.2. The highest BCUT2D eigenvalue weighted by molar-refractivity contribution is 7.98. The maximum atomic E-state index is 9.80. The van der Waals surface area contributed by atoms with E-state index in [4.69, 9.17) is 9.47 Å². The molecule has 0 unspecified atom stereocenters. The zero-order chi connectivity index (χ0) is 20.1. The zero-order valence-electron chi connectivity index (χ0n) is 15.6. The number of rotatable bonds is 6. The number of nitriles is 1. The molecule has 0 bridgehead atoms. The number of aromatic nitrogens is 2. The smallest absolute Gasteiger partial charge is 0.189 e. The van der Waals surface area contributed by atoms with Gasteiger partial charge in [-0.1, -0.05) is 11.8 Å². The van der Waals surface area contributed by atoms with Gasteiger partial charge in [-0.25, -0.2) is 9.97 Å². The molecule has 0 aliphatic heterocycles. The number of hydrogen-bond donors (Lipinski definition) is 2. The number of methoxy groups -OCH3 is 2. The van der Waals surface area contributed by atoms with Gasteiger partial charge in [-0.2, -0.15) is 5.26 Å². The van der Waals surface area contributed by atoms with Crippen LogP contribution in [0.15, 0.2) is 47.6 Å². The van der Waals surface area contributed by atoms with Crippen LogP contribution in [0.2, 0.25) is 0 Å². The van der Waals surface area contributed by atoms with Gasteiger partial charge < -0.3 is 19.9 Å². The average Bonchev–Trinajstić information content (AvgIpc) is 2.74. The number of nitrogens with one attached hydrogen (secondary N) is 1. The van der Waals surface area contributed by atoms with Gasteiger partial charge in [-0.05, 0) is 48.7 Å². The second kappa shape index (κ2) is 8.50. The fraction of sp³-hybridized carbons (Fsp3) is 0.150. The number of hydrogen-bond acceptors (Lipinski definition) is 8. The van der Waals surface area contributed by atoms with E-state index >= 15 is 0 Å². The summed E-state index contributed by atoms with van der Waals surface area (Å²) in [6, 6.07) is 14.1. The Bertz CT molecular complexity index is 1030. The van der Waals surface area contributed by atoms with Crippen molar-refractivity contribution in [2.24, 2.45) is 0 Å². The molecule has 0 aliphatic rings. The van der Waals surface area contributed by atoms with Crippen LogP contribution in [0.5, 0.6) is 17.2 Å². The highest BCUT2D eigenvalue weighted by atomic mass is 32.2. The first-order valence-corrected chi connectivity index (χ1v) is 9.46. The summed E-state index contributed by atoms with van der Waals surface area (Å²) in [6.07, 6.45) is 1.87. The molecule has 8 heteroatoms. The summed E-state index contributed by atoms with van der Waals surface area (Å²) in [7, 11) is 3.12. The molecule has 0 spiro atoms. The minimum atomic E-state index is 0.157. The Morgan fingerprint density at radius 2 is 1.75 bits per heavy atom. The quantitative estimate of drug-likeness (QED) is 0.364. The van der Waals surface area contributed by atoms with Crippen LogP contribution in [0.3, 0.4) is 0 Å². The summed E-state index contributed by atoms with van der Waals surface area (Å²) in [6.45, 7) is 0. The predicted molar refractivity (Wildman–Crippen MR) is 108 cm³/mol. The summed E-state index contributed by atoms with van der Waals surface area (Å²) in [5, 5.41) is 22.9. The Morgan fingerprint density at radius 1 is 1.04 bits per heavy atom. The third kappa shape index (κ3) is 3.94. The molecule has 28 heavy (non-hydrogen) atoms. The monoisotopic (exact) mass is 394 g/mol. The first-order chi connectivity index (χ1) is 13.6. The Labute approximate surface area is 167 Å². The second-order valence-corrected chi connectivity index (χ2v) is 6.41. The van der Waals surface area contributed by atoms with E-state index in [0.29, 0.717) is 45.0 Å². The first-order valence-electron chi connectivity index (χ1n) is 8.24. The molecule has 142 valence electrons. The van der Waals surface area contributed by atoms with Gasteiger partial charge in [0.15, 0.2) is 22.5 Å². The maximum Gasteiger partial charge on any atom is 0.189 e. The van der Waals surface area contributed by atoms with Crippen molar-refractivity contribution in [1.29, 1.82) is 5.26 Å². The van der Waals surface area contributed by atoms with Crippen LogP contribution in [0.1, 0.15) is 5.56 Å². The van der Waals surface area contributed by atoms with Gasteiger partial charge in [0.1, 0.15) is 17.4 Å².